The summed E-state index contributed by atoms with van der Waals surface area (Å²) in [4.78, 5) is 12.8. The highest BCUT2D eigenvalue weighted by atomic mass is 32.2. The maximum Gasteiger partial charge on any atom is 0.241 e. The van der Waals surface area contributed by atoms with Crippen LogP contribution in [-0.4, -0.2) is 20.4 Å². The molecule has 0 aliphatic heterocycles. The van der Waals surface area contributed by atoms with Crippen LogP contribution in [0.25, 0.3) is 0 Å². The molecule has 0 saturated heterocycles. The highest BCUT2D eigenvalue weighted by molar-refractivity contribution is 7.89. The Labute approximate surface area is 155 Å². The van der Waals surface area contributed by atoms with Crippen molar-refractivity contribution in [2.24, 2.45) is 5.92 Å². The standard InChI is InChI=1S/C20H26N2O3S/c1-14(2)19(20(23)21-16(4)17-8-6-5-7-9-17)22-26(24,25)18-12-10-15(3)11-13-18/h5-14,16,19,22H,1-4H3,(H,21,23)/t16-,19+/m1/s1. The molecule has 1 amide bonds. The van der Waals surface area contributed by atoms with E-state index in [2.05, 4.69) is 10.0 Å². The van der Waals surface area contributed by atoms with Crippen LogP contribution in [0.5, 0.6) is 0 Å². The fraction of sp³-hybridized carbons (Fsp3) is 0.350. The van der Waals surface area contributed by atoms with Crippen LogP contribution in [0.3, 0.4) is 0 Å². The van der Waals surface area contributed by atoms with Crippen LogP contribution in [0, 0.1) is 12.8 Å². The van der Waals surface area contributed by atoms with Crippen molar-refractivity contribution in [3.8, 4) is 0 Å². The first-order valence-corrected chi connectivity index (χ1v) is 10.1. The van der Waals surface area contributed by atoms with Crippen LogP contribution >= 0.6 is 0 Å². The smallest absolute Gasteiger partial charge is 0.241 e. The van der Waals surface area contributed by atoms with Gasteiger partial charge < -0.3 is 5.32 Å². The molecular formula is C20H26N2O3S. The van der Waals surface area contributed by atoms with Crippen molar-refractivity contribution in [1.29, 1.82) is 0 Å². The average molecular weight is 375 g/mol. The topological polar surface area (TPSA) is 75.3 Å². The molecule has 0 saturated carbocycles. The van der Waals surface area contributed by atoms with Gasteiger partial charge in [-0.2, -0.15) is 4.72 Å². The average Bonchev–Trinajstić information content (AvgIpc) is 2.60. The molecule has 2 aromatic carbocycles. The van der Waals surface area contributed by atoms with Crippen LogP contribution in [-0.2, 0) is 14.8 Å². The number of rotatable bonds is 7. The van der Waals surface area contributed by atoms with E-state index in [1.165, 1.54) is 0 Å². The van der Waals surface area contributed by atoms with Gasteiger partial charge in [-0.25, -0.2) is 8.42 Å². The number of hydrogen-bond acceptors (Lipinski definition) is 3. The van der Waals surface area contributed by atoms with Crippen molar-refractivity contribution in [2.75, 3.05) is 0 Å². The van der Waals surface area contributed by atoms with Gasteiger partial charge in [0.25, 0.3) is 0 Å². The summed E-state index contributed by atoms with van der Waals surface area (Å²) < 4.78 is 27.8. The first kappa shape index (κ1) is 20.1. The summed E-state index contributed by atoms with van der Waals surface area (Å²) in [5, 5.41) is 2.89. The minimum atomic E-state index is -3.78. The summed E-state index contributed by atoms with van der Waals surface area (Å²) >= 11 is 0. The Kier molecular flexibility index (Phi) is 6.56. The highest BCUT2D eigenvalue weighted by Gasteiger charge is 2.29. The van der Waals surface area contributed by atoms with Crippen LogP contribution < -0.4 is 10.0 Å². The molecule has 6 heteroatoms. The Hall–Kier alpha value is -2.18. The monoisotopic (exact) mass is 374 g/mol. The van der Waals surface area contributed by atoms with E-state index in [1.54, 1.807) is 24.3 Å². The molecule has 140 valence electrons. The van der Waals surface area contributed by atoms with E-state index in [0.717, 1.165) is 11.1 Å². The number of carbonyl (C=O) groups is 1. The number of sulfonamides is 1. The number of amides is 1. The molecular weight excluding hydrogens is 348 g/mol. The van der Waals surface area contributed by atoms with Crippen molar-refractivity contribution in [3.63, 3.8) is 0 Å². The number of benzene rings is 2. The van der Waals surface area contributed by atoms with Crippen molar-refractivity contribution in [1.82, 2.24) is 10.0 Å². The third-order valence-electron chi connectivity index (χ3n) is 4.22. The summed E-state index contributed by atoms with van der Waals surface area (Å²) in [5.74, 6) is -0.537. The molecule has 0 aliphatic carbocycles. The van der Waals surface area contributed by atoms with Crippen molar-refractivity contribution in [2.45, 2.75) is 44.7 Å². The number of aryl methyl sites for hydroxylation is 1. The second-order valence-electron chi connectivity index (χ2n) is 6.80. The SMILES string of the molecule is Cc1ccc(S(=O)(=O)N[C@H](C(=O)N[C@H](C)c2ccccc2)C(C)C)cc1. The highest BCUT2D eigenvalue weighted by Crippen LogP contribution is 2.15. The third-order valence-corrected chi connectivity index (χ3v) is 5.68. The predicted molar refractivity (Wildman–Crippen MR) is 103 cm³/mol. The van der Waals surface area contributed by atoms with Gasteiger partial charge in [-0.05, 0) is 37.5 Å². The molecule has 0 unspecified atom stereocenters. The van der Waals surface area contributed by atoms with Gasteiger partial charge >= 0.3 is 0 Å². The molecule has 2 N–H and O–H groups in total. The van der Waals surface area contributed by atoms with E-state index in [-0.39, 0.29) is 22.8 Å². The molecule has 0 aromatic heterocycles. The van der Waals surface area contributed by atoms with Crippen LogP contribution in [0.2, 0.25) is 0 Å². The largest absolute Gasteiger partial charge is 0.348 e. The first-order valence-electron chi connectivity index (χ1n) is 8.65. The molecule has 0 radical (unpaired) electrons. The van der Waals surface area contributed by atoms with E-state index in [1.807, 2.05) is 58.0 Å². The fourth-order valence-corrected chi connectivity index (χ4v) is 3.92. The van der Waals surface area contributed by atoms with Crippen molar-refractivity contribution < 1.29 is 13.2 Å². The molecule has 2 aromatic rings. The second-order valence-corrected chi connectivity index (χ2v) is 8.51. The van der Waals surface area contributed by atoms with Gasteiger partial charge in [-0.15, -0.1) is 0 Å². The summed E-state index contributed by atoms with van der Waals surface area (Å²) in [5.41, 5.74) is 1.93. The third kappa shape index (κ3) is 5.16. The number of carbonyl (C=O) groups excluding carboxylic acids is 1. The van der Waals surface area contributed by atoms with E-state index in [9.17, 15) is 13.2 Å². The lowest BCUT2D eigenvalue weighted by Crippen LogP contribution is -2.50. The van der Waals surface area contributed by atoms with Gasteiger partial charge in [0.2, 0.25) is 15.9 Å². The normalized spacial score (nSPS) is 14.0. The zero-order chi connectivity index (χ0) is 19.3. The maximum atomic E-state index is 12.7. The lowest BCUT2D eigenvalue weighted by Gasteiger charge is -2.24. The zero-order valence-electron chi connectivity index (χ0n) is 15.6. The first-order chi connectivity index (χ1) is 12.2. The Morgan fingerprint density at radius 3 is 2.04 bits per heavy atom. The van der Waals surface area contributed by atoms with Crippen molar-refractivity contribution in [3.05, 3.63) is 65.7 Å². The van der Waals surface area contributed by atoms with E-state index >= 15 is 0 Å². The van der Waals surface area contributed by atoms with E-state index in [0.29, 0.717) is 0 Å². The van der Waals surface area contributed by atoms with Gasteiger partial charge in [0.15, 0.2) is 0 Å². The van der Waals surface area contributed by atoms with Crippen LogP contribution in [0.4, 0.5) is 0 Å². The molecule has 0 aliphatic rings. The van der Waals surface area contributed by atoms with Gasteiger partial charge in [0.05, 0.1) is 10.9 Å². The summed E-state index contributed by atoms with van der Waals surface area (Å²) in [6.07, 6.45) is 0. The fourth-order valence-electron chi connectivity index (χ4n) is 2.57. The summed E-state index contributed by atoms with van der Waals surface area (Å²) in [6, 6.07) is 15.0. The van der Waals surface area contributed by atoms with Gasteiger partial charge in [-0.1, -0.05) is 61.9 Å². The molecule has 26 heavy (non-hydrogen) atoms. The van der Waals surface area contributed by atoms with Gasteiger partial charge in [-0.3, -0.25) is 4.79 Å². The van der Waals surface area contributed by atoms with Gasteiger partial charge in [0, 0.05) is 0 Å². The lowest BCUT2D eigenvalue weighted by atomic mass is 10.0. The van der Waals surface area contributed by atoms with E-state index < -0.39 is 16.1 Å². The maximum absolute atomic E-state index is 12.7. The summed E-state index contributed by atoms with van der Waals surface area (Å²) in [7, 11) is -3.78. The van der Waals surface area contributed by atoms with Crippen LogP contribution in [0.15, 0.2) is 59.5 Å². The summed E-state index contributed by atoms with van der Waals surface area (Å²) in [6.45, 7) is 7.39. The lowest BCUT2D eigenvalue weighted by molar-refractivity contribution is -0.124. The Morgan fingerprint density at radius 2 is 1.50 bits per heavy atom. The molecule has 2 atom stereocenters. The Morgan fingerprint density at radius 1 is 0.923 bits per heavy atom. The quantitative estimate of drug-likeness (QED) is 0.782. The number of hydrogen-bond donors (Lipinski definition) is 2. The Balaban J connectivity index is 2.15. The van der Waals surface area contributed by atoms with E-state index in [4.69, 9.17) is 0 Å². The molecule has 0 spiro atoms. The molecule has 0 fully saturated rings. The van der Waals surface area contributed by atoms with Crippen molar-refractivity contribution >= 4 is 15.9 Å². The second kappa shape index (κ2) is 8.47. The molecule has 0 bridgehead atoms. The minimum Gasteiger partial charge on any atom is -0.348 e. The van der Waals surface area contributed by atoms with Crippen LogP contribution in [0.1, 0.15) is 37.9 Å². The van der Waals surface area contributed by atoms with Gasteiger partial charge in [0.1, 0.15) is 6.04 Å². The zero-order valence-corrected chi connectivity index (χ0v) is 16.4. The predicted octanol–water partition coefficient (Wildman–Crippen LogP) is 3.18. The number of nitrogens with one attached hydrogen (secondary N) is 2. The molecule has 5 nitrogen and oxygen atoms in total. The molecule has 2 rings (SSSR count). The minimum absolute atomic E-state index is 0.151. The Bertz CT molecular complexity index is 831. The molecule has 0 heterocycles.